The van der Waals surface area contributed by atoms with E-state index in [1.807, 2.05) is 19.1 Å². The first kappa shape index (κ1) is 10.5. The second kappa shape index (κ2) is 5.21. The molecule has 0 saturated heterocycles. The van der Waals surface area contributed by atoms with Gasteiger partial charge in [-0.1, -0.05) is 6.07 Å². The monoisotopic (exact) mass is 199 g/mol. The van der Waals surface area contributed by atoms with E-state index in [-0.39, 0.29) is 6.61 Å². The molecular formula is C9H13NO2S. The number of nitrogens with zero attached hydrogens (tertiary/aromatic N) is 1. The maximum atomic E-state index is 9.08. The van der Waals surface area contributed by atoms with E-state index in [2.05, 4.69) is 4.98 Å². The first-order chi connectivity index (χ1) is 6.22. The predicted molar refractivity (Wildman–Crippen MR) is 52.8 cm³/mol. The highest BCUT2D eigenvalue weighted by Crippen LogP contribution is 2.15. The maximum absolute atomic E-state index is 9.08. The van der Waals surface area contributed by atoms with Crippen LogP contribution in [0.2, 0.25) is 0 Å². The molecule has 72 valence electrons. The number of hydrogen-bond acceptors (Lipinski definition) is 4. The smallest absolute Gasteiger partial charge is 0.0960 e. The summed E-state index contributed by atoms with van der Waals surface area (Å²) in [6.07, 6.45) is 1.13. The van der Waals surface area contributed by atoms with E-state index in [0.29, 0.717) is 5.75 Å². The third kappa shape index (κ3) is 3.76. The maximum Gasteiger partial charge on any atom is 0.0960 e. The molecule has 13 heavy (non-hydrogen) atoms. The van der Waals surface area contributed by atoms with Crippen LogP contribution >= 0.6 is 11.8 Å². The second-order valence-corrected chi connectivity index (χ2v) is 3.86. The van der Waals surface area contributed by atoms with E-state index in [9.17, 15) is 0 Å². The van der Waals surface area contributed by atoms with Crippen molar-refractivity contribution in [3.8, 4) is 0 Å². The standard InChI is InChI=1S/C9H13NO2S/c1-7-2-3-9(10-4-7)13-6-8(12)5-11/h2-4,8,11-12H,5-6H2,1H3. The molecule has 4 heteroatoms. The van der Waals surface area contributed by atoms with Gasteiger partial charge in [0.15, 0.2) is 0 Å². The van der Waals surface area contributed by atoms with E-state index in [1.54, 1.807) is 6.20 Å². The van der Waals surface area contributed by atoms with Gasteiger partial charge in [0.05, 0.1) is 17.7 Å². The number of aliphatic hydroxyl groups excluding tert-OH is 2. The lowest BCUT2D eigenvalue weighted by molar-refractivity contribution is 0.113. The van der Waals surface area contributed by atoms with Crippen LogP contribution in [0.5, 0.6) is 0 Å². The molecule has 0 radical (unpaired) electrons. The van der Waals surface area contributed by atoms with Crippen molar-refractivity contribution in [2.24, 2.45) is 0 Å². The van der Waals surface area contributed by atoms with Gasteiger partial charge in [-0.2, -0.15) is 0 Å². The molecule has 0 bridgehead atoms. The summed E-state index contributed by atoms with van der Waals surface area (Å²) in [6.45, 7) is 1.78. The molecule has 0 aromatic carbocycles. The molecule has 2 N–H and O–H groups in total. The van der Waals surface area contributed by atoms with Gasteiger partial charge >= 0.3 is 0 Å². The molecule has 1 aromatic heterocycles. The van der Waals surface area contributed by atoms with E-state index in [4.69, 9.17) is 10.2 Å². The zero-order chi connectivity index (χ0) is 9.68. The summed E-state index contributed by atoms with van der Waals surface area (Å²) in [5.41, 5.74) is 1.12. The summed E-state index contributed by atoms with van der Waals surface area (Å²) in [4.78, 5) is 4.15. The number of thioether (sulfide) groups is 1. The van der Waals surface area contributed by atoms with Crippen molar-refractivity contribution in [1.82, 2.24) is 4.98 Å². The highest BCUT2D eigenvalue weighted by Gasteiger charge is 2.03. The lowest BCUT2D eigenvalue weighted by Crippen LogP contribution is -2.14. The summed E-state index contributed by atoms with van der Waals surface area (Å²) in [5, 5.41) is 18.5. The Hall–Kier alpha value is -0.580. The Morgan fingerprint density at radius 2 is 2.31 bits per heavy atom. The lowest BCUT2D eigenvalue weighted by Gasteiger charge is -2.05. The molecule has 0 amide bonds. The zero-order valence-electron chi connectivity index (χ0n) is 7.47. The number of aliphatic hydroxyl groups is 2. The molecule has 0 aliphatic carbocycles. The van der Waals surface area contributed by atoms with E-state index in [1.165, 1.54) is 11.8 Å². The molecule has 0 aliphatic rings. The van der Waals surface area contributed by atoms with Crippen LogP contribution in [0, 0.1) is 6.92 Å². The quantitative estimate of drug-likeness (QED) is 0.705. The highest BCUT2D eigenvalue weighted by molar-refractivity contribution is 7.99. The van der Waals surface area contributed by atoms with Gasteiger partial charge in [0.25, 0.3) is 0 Å². The average Bonchev–Trinajstić information content (AvgIpc) is 2.16. The topological polar surface area (TPSA) is 53.4 Å². The molecule has 1 atom stereocenters. The highest BCUT2D eigenvalue weighted by atomic mass is 32.2. The Kier molecular flexibility index (Phi) is 4.21. The van der Waals surface area contributed by atoms with Gasteiger partial charge in [-0.3, -0.25) is 0 Å². The average molecular weight is 199 g/mol. The van der Waals surface area contributed by atoms with Crippen LogP contribution in [0.15, 0.2) is 23.4 Å². The zero-order valence-corrected chi connectivity index (χ0v) is 8.29. The fourth-order valence-electron chi connectivity index (χ4n) is 0.774. The van der Waals surface area contributed by atoms with Crippen molar-refractivity contribution in [2.45, 2.75) is 18.1 Å². The fourth-order valence-corrected chi connectivity index (χ4v) is 1.53. The lowest BCUT2D eigenvalue weighted by atomic mass is 10.3. The molecule has 0 saturated carbocycles. The van der Waals surface area contributed by atoms with Crippen LogP contribution in [0.25, 0.3) is 0 Å². The van der Waals surface area contributed by atoms with E-state index in [0.717, 1.165) is 10.6 Å². The van der Waals surface area contributed by atoms with Crippen LogP contribution in [0.1, 0.15) is 5.56 Å². The van der Waals surface area contributed by atoms with Gasteiger partial charge in [0, 0.05) is 11.9 Å². The fraction of sp³-hybridized carbons (Fsp3) is 0.444. The van der Waals surface area contributed by atoms with Crippen LogP contribution < -0.4 is 0 Å². The molecule has 1 rings (SSSR count). The van der Waals surface area contributed by atoms with Crippen molar-refractivity contribution < 1.29 is 10.2 Å². The first-order valence-corrected chi connectivity index (χ1v) is 5.05. The first-order valence-electron chi connectivity index (χ1n) is 4.06. The van der Waals surface area contributed by atoms with E-state index < -0.39 is 6.10 Å². The summed E-state index contributed by atoms with van der Waals surface area (Å²) in [5.74, 6) is 0.479. The number of aryl methyl sites for hydroxylation is 1. The molecule has 0 aliphatic heterocycles. The summed E-state index contributed by atoms with van der Waals surface area (Å²) >= 11 is 1.44. The van der Waals surface area contributed by atoms with Crippen molar-refractivity contribution in [3.63, 3.8) is 0 Å². The molecule has 3 nitrogen and oxygen atoms in total. The molecule has 0 spiro atoms. The molecule has 1 aromatic rings. The third-order valence-corrected chi connectivity index (χ3v) is 2.61. The number of pyridine rings is 1. The Balaban J connectivity index is 2.41. The summed E-state index contributed by atoms with van der Waals surface area (Å²) < 4.78 is 0. The van der Waals surface area contributed by atoms with Crippen LogP contribution in [-0.4, -0.2) is 33.7 Å². The van der Waals surface area contributed by atoms with Crippen molar-refractivity contribution in [1.29, 1.82) is 0 Å². The van der Waals surface area contributed by atoms with Gasteiger partial charge in [0.2, 0.25) is 0 Å². The van der Waals surface area contributed by atoms with E-state index >= 15 is 0 Å². The van der Waals surface area contributed by atoms with Crippen LogP contribution in [-0.2, 0) is 0 Å². The minimum absolute atomic E-state index is 0.196. The number of aromatic nitrogens is 1. The van der Waals surface area contributed by atoms with Crippen molar-refractivity contribution in [3.05, 3.63) is 23.9 Å². The van der Waals surface area contributed by atoms with Crippen molar-refractivity contribution >= 4 is 11.8 Å². The minimum Gasteiger partial charge on any atom is -0.394 e. The van der Waals surface area contributed by atoms with Crippen LogP contribution in [0.3, 0.4) is 0 Å². The Bertz CT molecular complexity index is 250. The van der Waals surface area contributed by atoms with Crippen LogP contribution in [0.4, 0.5) is 0 Å². The second-order valence-electron chi connectivity index (χ2n) is 2.82. The molecule has 0 fully saturated rings. The number of rotatable bonds is 4. The Morgan fingerprint density at radius 3 is 2.85 bits per heavy atom. The van der Waals surface area contributed by atoms with Gasteiger partial charge in [-0.25, -0.2) is 4.98 Å². The molecular weight excluding hydrogens is 186 g/mol. The molecule has 1 heterocycles. The normalized spacial score (nSPS) is 12.8. The van der Waals surface area contributed by atoms with Gasteiger partial charge in [-0.05, 0) is 18.6 Å². The SMILES string of the molecule is Cc1ccc(SCC(O)CO)nc1. The Morgan fingerprint density at radius 1 is 1.54 bits per heavy atom. The van der Waals surface area contributed by atoms with Gasteiger partial charge in [-0.15, -0.1) is 11.8 Å². The van der Waals surface area contributed by atoms with Crippen molar-refractivity contribution in [2.75, 3.05) is 12.4 Å². The minimum atomic E-state index is -0.659. The number of hydrogen-bond donors (Lipinski definition) is 2. The molecule has 1 unspecified atom stereocenters. The largest absolute Gasteiger partial charge is 0.394 e. The third-order valence-electron chi connectivity index (χ3n) is 1.52. The Labute approximate surface area is 81.8 Å². The summed E-state index contributed by atoms with van der Waals surface area (Å²) in [7, 11) is 0. The predicted octanol–water partition coefficient (Wildman–Crippen LogP) is 0.835. The van der Waals surface area contributed by atoms with Gasteiger partial charge in [0.1, 0.15) is 0 Å². The summed E-state index contributed by atoms with van der Waals surface area (Å²) in [6, 6.07) is 3.88. The van der Waals surface area contributed by atoms with Gasteiger partial charge < -0.3 is 10.2 Å².